The van der Waals surface area contributed by atoms with Crippen LogP contribution in [-0.2, 0) is 4.74 Å². The lowest BCUT2D eigenvalue weighted by Gasteiger charge is -2.09. The predicted octanol–water partition coefficient (Wildman–Crippen LogP) is 3.38. The highest BCUT2D eigenvalue weighted by Gasteiger charge is 2.17. The van der Waals surface area contributed by atoms with Gasteiger partial charge in [0.15, 0.2) is 0 Å². The van der Waals surface area contributed by atoms with Crippen molar-refractivity contribution in [1.82, 2.24) is 0 Å². The van der Waals surface area contributed by atoms with Gasteiger partial charge in [-0.3, -0.25) is 0 Å². The van der Waals surface area contributed by atoms with Crippen LogP contribution in [0.25, 0.3) is 0 Å². The molecule has 0 N–H and O–H groups in total. The molecule has 7 heteroatoms. The SMILES string of the molecule is COC(=O)c1cc(OC(F)F)c(Cl)cc1Cl. The second-order valence-electron chi connectivity index (χ2n) is 2.63. The summed E-state index contributed by atoms with van der Waals surface area (Å²) < 4.78 is 32.5. The number of alkyl halides is 2. The highest BCUT2D eigenvalue weighted by atomic mass is 35.5. The Bertz CT molecular complexity index is 410. The molecule has 0 aliphatic heterocycles. The number of hydrogen-bond donors (Lipinski definition) is 0. The van der Waals surface area contributed by atoms with E-state index in [1.165, 1.54) is 0 Å². The summed E-state index contributed by atoms with van der Waals surface area (Å²) in [5.41, 5.74) is -0.0933. The van der Waals surface area contributed by atoms with Gasteiger partial charge < -0.3 is 9.47 Å². The molecule has 0 saturated carbocycles. The van der Waals surface area contributed by atoms with Crippen LogP contribution in [0.1, 0.15) is 10.4 Å². The van der Waals surface area contributed by atoms with Crippen LogP contribution in [0.4, 0.5) is 8.78 Å². The van der Waals surface area contributed by atoms with E-state index in [0.717, 1.165) is 19.2 Å². The third-order valence-corrected chi connectivity index (χ3v) is 2.25. The second-order valence-corrected chi connectivity index (χ2v) is 3.45. The lowest BCUT2D eigenvalue weighted by molar-refractivity contribution is -0.0498. The first kappa shape index (κ1) is 13.0. The van der Waals surface area contributed by atoms with Gasteiger partial charge in [-0.15, -0.1) is 0 Å². The van der Waals surface area contributed by atoms with Gasteiger partial charge in [0, 0.05) is 0 Å². The topological polar surface area (TPSA) is 35.5 Å². The fourth-order valence-corrected chi connectivity index (χ4v) is 1.49. The third-order valence-electron chi connectivity index (χ3n) is 1.64. The largest absolute Gasteiger partial charge is 0.465 e. The first-order valence-electron chi connectivity index (χ1n) is 3.98. The molecular formula is C9H6Cl2F2O3. The van der Waals surface area contributed by atoms with Crippen LogP contribution in [0.15, 0.2) is 12.1 Å². The number of benzene rings is 1. The summed E-state index contributed by atoms with van der Waals surface area (Å²) >= 11 is 11.3. The number of carbonyl (C=O) groups excluding carboxylic acids is 1. The summed E-state index contributed by atoms with van der Waals surface area (Å²) in [6.45, 7) is -3.04. The van der Waals surface area contributed by atoms with Crippen LogP contribution in [0, 0.1) is 0 Å². The molecule has 0 amide bonds. The molecule has 1 rings (SSSR count). The zero-order valence-electron chi connectivity index (χ0n) is 7.97. The van der Waals surface area contributed by atoms with Gasteiger partial charge in [-0.25, -0.2) is 4.79 Å². The fourth-order valence-electron chi connectivity index (χ4n) is 0.982. The summed E-state index contributed by atoms with van der Waals surface area (Å²) in [6.07, 6.45) is 0. The molecule has 0 radical (unpaired) electrons. The van der Waals surface area contributed by atoms with Crippen LogP contribution in [0.2, 0.25) is 10.0 Å². The van der Waals surface area contributed by atoms with E-state index in [1.807, 2.05) is 0 Å². The summed E-state index contributed by atoms with van der Waals surface area (Å²) in [4.78, 5) is 11.2. The van der Waals surface area contributed by atoms with E-state index in [1.54, 1.807) is 0 Å². The average molecular weight is 271 g/mol. The summed E-state index contributed by atoms with van der Waals surface area (Å²) in [6, 6.07) is 2.13. The number of esters is 1. The molecule has 0 heterocycles. The minimum absolute atomic E-state index is 0.00142. The highest BCUT2D eigenvalue weighted by molar-refractivity contribution is 6.37. The molecule has 0 aliphatic rings. The average Bonchev–Trinajstić information content (AvgIpc) is 2.20. The quantitative estimate of drug-likeness (QED) is 0.790. The Morgan fingerprint density at radius 1 is 1.31 bits per heavy atom. The first-order valence-corrected chi connectivity index (χ1v) is 4.73. The van der Waals surface area contributed by atoms with Gasteiger partial charge in [0.25, 0.3) is 0 Å². The molecular weight excluding hydrogens is 265 g/mol. The van der Waals surface area contributed by atoms with E-state index in [2.05, 4.69) is 9.47 Å². The molecule has 16 heavy (non-hydrogen) atoms. The van der Waals surface area contributed by atoms with Crippen LogP contribution >= 0.6 is 23.2 Å². The van der Waals surface area contributed by atoms with Gasteiger partial charge in [-0.2, -0.15) is 8.78 Å². The van der Waals surface area contributed by atoms with Crippen LogP contribution in [0.5, 0.6) is 5.75 Å². The van der Waals surface area contributed by atoms with Crippen molar-refractivity contribution in [2.24, 2.45) is 0 Å². The molecule has 0 spiro atoms. The van der Waals surface area contributed by atoms with E-state index < -0.39 is 12.6 Å². The Kier molecular flexibility index (Phi) is 4.32. The Balaban J connectivity index is 3.16. The lowest BCUT2D eigenvalue weighted by Crippen LogP contribution is -2.06. The van der Waals surface area contributed by atoms with Crippen molar-refractivity contribution in [3.63, 3.8) is 0 Å². The molecule has 0 saturated heterocycles. The van der Waals surface area contributed by atoms with Crippen molar-refractivity contribution in [3.05, 3.63) is 27.7 Å². The van der Waals surface area contributed by atoms with Gasteiger partial charge in [0.2, 0.25) is 0 Å². The van der Waals surface area contributed by atoms with Crippen molar-refractivity contribution in [1.29, 1.82) is 0 Å². The Morgan fingerprint density at radius 3 is 2.44 bits per heavy atom. The van der Waals surface area contributed by atoms with Gasteiger partial charge in [0.1, 0.15) is 5.75 Å². The molecule has 0 unspecified atom stereocenters. The van der Waals surface area contributed by atoms with Gasteiger partial charge >= 0.3 is 12.6 Å². The summed E-state index contributed by atoms with van der Waals surface area (Å²) in [5, 5.41) is -0.114. The number of carbonyl (C=O) groups is 1. The number of rotatable bonds is 3. The second kappa shape index (κ2) is 5.32. The molecule has 1 aromatic rings. The Labute approximate surface area is 99.9 Å². The zero-order chi connectivity index (χ0) is 12.3. The number of methoxy groups -OCH3 is 1. The summed E-state index contributed by atoms with van der Waals surface area (Å²) in [5.74, 6) is -1.10. The standard InChI is InChI=1S/C9H6Cl2F2O3/c1-15-8(14)4-2-7(16-9(12)13)6(11)3-5(4)10/h2-3,9H,1H3. The number of ether oxygens (including phenoxy) is 2. The molecule has 0 aromatic heterocycles. The Hall–Kier alpha value is -1.07. The normalized spacial score (nSPS) is 10.4. The number of hydrogen-bond acceptors (Lipinski definition) is 3. The molecule has 0 aliphatic carbocycles. The van der Waals surface area contributed by atoms with Crippen LogP contribution in [-0.4, -0.2) is 19.7 Å². The maximum absolute atomic E-state index is 12.0. The van der Waals surface area contributed by atoms with E-state index in [-0.39, 0.29) is 21.4 Å². The lowest BCUT2D eigenvalue weighted by atomic mass is 10.2. The smallest absolute Gasteiger partial charge is 0.387 e. The van der Waals surface area contributed by atoms with Crippen molar-refractivity contribution in [2.75, 3.05) is 7.11 Å². The van der Waals surface area contributed by atoms with Gasteiger partial charge in [-0.1, -0.05) is 23.2 Å². The van der Waals surface area contributed by atoms with E-state index in [0.29, 0.717) is 0 Å². The fraction of sp³-hybridized carbons (Fsp3) is 0.222. The van der Waals surface area contributed by atoms with E-state index in [4.69, 9.17) is 23.2 Å². The molecule has 3 nitrogen and oxygen atoms in total. The monoisotopic (exact) mass is 270 g/mol. The van der Waals surface area contributed by atoms with Crippen molar-refractivity contribution in [2.45, 2.75) is 6.61 Å². The van der Waals surface area contributed by atoms with E-state index in [9.17, 15) is 13.6 Å². The molecule has 0 atom stereocenters. The Morgan fingerprint density at radius 2 is 1.94 bits per heavy atom. The van der Waals surface area contributed by atoms with Crippen molar-refractivity contribution >= 4 is 29.2 Å². The molecule has 0 fully saturated rings. The maximum atomic E-state index is 12.0. The molecule has 0 bridgehead atoms. The minimum atomic E-state index is -3.04. The highest BCUT2D eigenvalue weighted by Crippen LogP contribution is 2.32. The maximum Gasteiger partial charge on any atom is 0.387 e. The molecule has 1 aromatic carbocycles. The summed E-state index contributed by atoms with van der Waals surface area (Å²) in [7, 11) is 1.14. The van der Waals surface area contributed by atoms with Crippen molar-refractivity contribution in [3.8, 4) is 5.75 Å². The molecule has 88 valence electrons. The van der Waals surface area contributed by atoms with E-state index >= 15 is 0 Å². The third kappa shape index (κ3) is 2.96. The van der Waals surface area contributed by atoms with Crippen LogP contribution < -0.4 is 4.74 Å². The van der Waals surface area contributed by atoms with Crippen molar-refractivity contribution < 1.29 is 23.0 Å². The van der Waals surface area contributed by atoms with Crippen LogP contribution in [0.3, 0.4) is 0 Å². The minimum Gasteiger partial charge on any atom is -0.465 e. The zero-order valence-corrected chi connectivity index (χ0v) is 9.48. The van der Waals surface area contributed by atoms with Gasteiger partial charge in [0.05, 0.1) is 22.7 Å². The predicted molar refractivity (Wildman–Crippen MR) is 54.4 cm³/mol. The first-order chi connectivity index (χ1) is 7.45. The van der Waals surface area contributed by atoms with Gasteiger partial charge in [-0.05, 0) is 12.1 Å². The number of halogens is 4.